The van der Waals surface area contributed by atoms with Crippen molar-refractivity contribution in [1.82, 2.24) is 5.32 Å². The molecule has 0 bridgehead atoms. The number of anilines is 1. The van der Waals surface area contributed by atoms with Gasteiger partial charge in [0.2, 0.25) is 11.8 Å². The molecule has 1 aliphatic rings. The molecule has 0 aliphatic heterocycles. The van der Waals surface area contributed by atoms with Crippen molar-refractivity contribution >= 4 is 17.5 Å². The highest BCUT2D eigenvalue weighted by molar-refractivity contribution is 6.00. The monoisotopic (exact) mass is 398 g/mol. The van der Waals surface area contributed by atoms with Crippen molar-refractivity contribution in [2.24, 2.45) is 11.8 Å². The maximum absolute atomic E-state index is 12.5. The molecule has 1 fully saturated rings. The molecule has 1 saturated carbocycles. The zero-order valence-corrected chi connectivity index (χ0v) is 16.9. The first-order valence-corrected chi connectivity index (χ1v) is 9.49. The lowest BCUT2D eigenvalue weighted by molar-refractivity contribution is -0.125. The molecule has 0 spiro atoms. The maximum Gasteiger partial charge on any atom is 0.228 e. The Morgan fingerprint density at radius 1 is 0.897 bits per heavy atom. The molecule has 0 saturated heterocycles. The van der Waals surface area contributed by atoms with Crippen LogP contribution in [0.2, 0.25) is 0 Å². The van der Waals surface area contributed by atoms with Gasteiger partial charge >= 0.3 is 0 Å². The Balaban J connectivity index is 1.47. The second-order valence-electron chi connectivity index (χ2n) is 6.89. The smallest absolute Gasteiger partial charge is 0.228 e. The van der Waals surface area contributed by atoms with Crippen molar-refractivity contribution in [2.75, 3.05) is 33.2 Å². The molecule has 2 aromatic carbocycles. The van der Waals surface area contributed by atoms with E-state index in [4.69, 9.17) is 14.2 Å². The van der Waals surface area contributed by atoms with Crippen molar-refractivity contribution in [1.29, 1.82) is 0 Å². The zero-order chi connectivity index (χ0) is 20.8. The fraction of sp³-hybridized carbons (Fsp3) is 0.364. The Kier molecular flexibility index (Phi) is 6.59. The topological polar surface area (TPSA) is 85.9 Å². The highest BCUT2D eigenvalue weighted by Gasteiger charge is 2.48. The molecule has 2 amide bonds. The predicted molar refractivity (Wildman–Crippen MR) is 109 cm³/mol. The maximum atomic E-state index is 12.5. The molecule has 29 heavy (non-hydrogen) atoms. The Hall–Kier alpha value is -3.22. The normalized spacial score (nSPS) is 17.2. The summed E-state index contributed by atoms with van der Waals surface area (Å²) in [6, 6.07) is 12.9. The molecular weight excluding hydrogens is 372 g/mol. The lowest BCUT2D eigenvalue weighted by atomic mass is 10.1. The van der Waals surface area contributed by atoms with Crippen LogP contribution in [0.15, 0.2) is 42.5 Å². The molecule has 1 aliphatic carbocycles. The number of hydrogen-bond donors (Lipinski definition) is 2. The van der Waals surface area contributed by atoms with Crippen LogP contribution < -0.4 is 24.8 Å². The molecule has 2 unspecified atom stereocenters. The lowest BCUT2D eigenvalue weighted by Gasteiger charge is -2.11. The molecule has 0 aromatic heterocycles. The van der Waals surface area contributed by atoms with Gasteiger partial charge in [0, 0.05) is 12.6 Å². The molecule has 0 radical (unpaired) electrons. The van der Waals surface area contributed by atoms with E-state index >= 15 is 0 Å². The first kappa shape index (κ1) is 20.5. The second kappa shape index (κ2) is 9.32. The standard InChI is InChI=1S/C22H26N2O5/c1-27-15-6-4-14(5-7-15)10-11-23-21(25)17-13-18(17)22(26)24-19-12-16(28-2)8-9-20(19)29-3/h4-9,12,17-18H,10-11,13H2,1-3H3,(H,23,25)(H,24,26). The van der Waals surface area contributed by atoms with Gasteiger partial charge in [-0.3, -0.25) is 9.59 Å². The third-order valence-electron chi connectivity index (χ3n) is 5.00. The molecule has 7 nitrogen and oxygen atoms in total. The van der Waals surface area contributed by atoms with E-state index in [2.05, 4.69) is 10.6 Å². The van der Waals surface area contributed by atoms with Crippen molar-refractivity contribution in [3.63, 3.8) is 0 Å². The van der Waals surface area contributed by atoms with Crippen LogP contribution in [0, 0.1) is 11.8 Å². The highest BCUT2D eigenvalue weighted by Crippen LogP contribution is 2.40. The number of hydrogen-bond acceptors (Lipinski definition) is 5. The minimum absolute atomic E-state index is 0.0868. The van der Waals surface area contributed by atoms with E-state index in [-0.39, 0.29) is 23.7 Å². The summed E-state index contributed by atoms with van der Waals surface area (Å²) in [6.07, 6.45) is 1.27. The number of methoxy groups -OCH3 is 3. The molecule has 154 valence electrons. The van der Waals surface area contributed by atoms with Crippen molar-refractivity contribution in [2.45, 2.75) is 12.8 Å². The van der Waals surface area contributed by atoms with Crippen LogP contribution in [0.3, 0.4) is 0 Å². The molecule has 2 atom stereocenters. The fourth-order valence-electron chi connectivity index (χ4n) is 3.17. The van der Waals surface area contributed by atoms with Gasteiger partial charge in [-0.1, -0.05) is 12.1 Å². The summed E-state index contributed by atoms with van der Waals surface area (Å²) in [5.41, 5.74) is 1.64. The largest absolute Gasteiger partial charge is 0.497 e. The Labute approximate surface area is 170 Å². The Bertz CT molecular complexity index is 866. The number of amides is 2. The summed E-state index contributed by atoms with van der Waals surface area (Å²) < 4.78 is 15.6. The van der Waals surface area contributed by atoms with Crippen LogP contribution in [-0.4, -0.2) is 39.7 Å². The first-order valence-electron chi connectivity index (χ1n) is 9.49. The van der Waals surface area contributed by atoms with Crippen LogP contribution in [-0.2, 0) is 16.0 Å². The van der Waals surface area contributed by atoms with E-state index < -0.39 is 0 Å². The van der Waals surface area contributed by atoms with Crippen molar-refractivity contribution in [3.05, 3.63) is 48.0 Å². The van der Waals surface area contributed by atoms with Crippen LogP contribution in [0.4, 0.5) is 5.69 Å². The number of ether oxygens (including phenoxy) is 3. The van der Waals surface area contributed by atoms with E-state index in [1.165, 1.54) is 7.11 Å². The number of rotatable bonds is 9. The van der Waals surface area contributed by atoms with Crippen LogP contribution in [0.25, 0.3) is 0 Å². The number of benzene rings is 2. The van der Waals surface area contributed by atoms with Gasteiger partial charge in [-0.05, 0) is 42.7 Å². The van der Waals surface area contributed by atoms with Crippen LogP contribution in [0.1, 0.15) is 12.0 Å². The van der Waals surface area contributed by atoms with Gasteiger partial charge in [0.15, 0.2) is 0 Å². The summed E-state index contributed by atoms with van der Waals surface area (Å²) in [4.78, 5) is 24.8. The van der Waals surface area contributed by atoms with Gasteiger partial charge in [0.25, 0.3) is 0 Å². The Morgan fingerprint density at radius 2 is 1.55 bits per heavy atom. The van der Waals surface area contributed by atoms with Gasteiger partial charge in [0.05, 0.1) is 38.9 Å². The van der Waals surface area contributed by atoms with E-state index in [0.29, 0.717) is 30.2 Å². The van der Waals surface area contributed by atoms with Crippen LogP contribution in [0.5, 0.6) is 17.2 Å². The summed E-state index contributed by atoms with van der Waals surface area (Å²) in [5, 5.41) is 5.76. The van der Waals surface area contributed by atoms with Crippen molar-refractivity contribution in [3.8, 4) is 17.2 Å². The van der Waals surface area contributed by atoms with E-state index in [1.807, 2.05) is 24.3 Å². The molecule has 0 heterocycles. The van der Waals surface area contributed by atoms with Gasteiger partial charge in [-0.15, -0.1) is 0 Å². The first-order chi connectivity index (χ1) is 14.0. The van der Waals surface area contributed by atoms with Crippen LogP contribution >= 0.6 is 0 Å². The average molecular weight is 398 g/mol. The summed E-state index contributed by atoms with van der Waals surface area (Å²) in [6.45, 7) is 0.527. The number of carbonyl (C=O) groups is 2. The van der Waals surface area contributed by atoms with Crippen molar-refractivity contribution < 1.29 is 23.8 Å². The molecule has 7 heteroatoms. The lowest BCUT2D eigenvalue weighted by Crippen LogP contribution is -2.29. The quantitative estimate of drug-likeness (QED) is 0.678. The predicted octanol–water partition coefficient (Wildman–Crippen LogP) is 2.65. The second-order valence-corrected chi connectivity index (χ2v) is 6.89. The number of nitrogens with one attached hydrogen (secondary N) is 2. The van der Waals surface area contributed by atoms with Gasteiger partial charge in [-0.25, -0.2) is 0 Å². The zero-order valence-electron chi connectivity index (χ0n) is 16.9. The molecule has 2 N–H and O–H groups in total. The highest BCUT2D eigenvalue weighted by atomic mass is 16.5. The summed E-state index contributed by atoms with van der Waals surface area (Å²) >= 11 is 0. The molecular formula is C22H26N2O5. The minimum atomic E-state index is -0.327. The third-order valence-corrected chi connectivity index (χ3v) is 5.00. The minimum Gasteiger partial charge on any atom is -0.497 e. The summed E-state index contributed by atoms with van der Waals surface area (Å²) in [7, 11) is 4.72. The van der Waals surface area contributed by atoms with E-state index in [0.717, 1.165) is 17.7 Å². The number of carbonyl (C=O) groups excluding carboxylic acids is 2. The fourth-order valence-corrected chi connectivity index (χ4v) is 3.17. The SMILES string of the molecule is COc1ccc(CCNC(=O)C2CC2C(=O)Nc2cc(OC)ccc2OC)cc1. The third kappa shape index (κ3) is 5.19. The van der Waals surface area contributed by atoms with E-state index in [9.17, 15) is 9.59 Å². The Morgan fingerprint density at radius 3 is 2.21 bits per heavy atom. The average Bonchev–Trinajstić information content (AvgIpc) is 3.55. The van der Waals surface area contributed by atoms with Gasteiger partial charge < -0.3 is 24.8 Å². The molecule has 3 rings (SSSR count). The summed E-state index contributed by atoms with van der Waals surface area (Å²) in [5.74, 6) is 1.07. The van der Waals surface area contributed by atoms with Gasteiger partial charge in [-0.2, -0.15) is 0 Å². The van der Waals surface area contributed by atoms with E-state index in [1.54, 1.807) is 32.4 Å². The molecule has 2 aromatic rings. The van der Waals surface area contributed by atoms with Gasteiger partial charge in [0.1, 0.15) is 17.2 Å².